The van der Waals surface area contributed by atoms with Crippen molar-refractivity contribution in [3.05, 3.63) is 41.7 Å². The van der Waals surface area contributed by atoms with Gasteiger partial charge in [0.15, 0.2) is 5.84 Å². The van der Waals surface area contributed by atoms with Crippen molar-refractivity contribution >= 4 is 22.5 Å². The molecule has 0 aliphatic carbocycles. The molecule has 0 radical (unpaired) electrons. The molecule has 7 nitrogen and oxygen atoms in total. The van der Waals surface area contributed by atoms with E-state index in [0.29, 0.717) is 17.5 Å². The molecule has 144 valence electrons. The monoisotopic (exact) mass is 368 g/mol. The second kappa shape index (κ2) is 8.26. The number of hydrazine groups is 1. The Kier molecular flexibility index (Phi) is 5.81. The number of ether oxygens (including phenoxy) is 1. The summed E-state index contributed by atoms with van der Waals surface area (Å²) in [7, 11) is 1.69. The van der Waals surface area contributed by atoms with Gasteiger partial charge in [0.05, 0.1) is 13.7 Å². The Balaban J connectivity index is 2.01. The third kappa shape index (κ3) is 3.83. The molecule has 0 saturated heterocycles. The van der Waals surface area contributed by atoms with Crippen molar-refractivity contribution < 1.29 is 4.74 Å². The summed E-state index contributed by atoms with van der Waals surface area (Å²) in [5.74, 6) is 12.6. The highest BCUT2D eigenvalue weighted by Crippen LogP contribution is 2.30. The van der Waals surface area contributed by atoms with E-state index in [1.165, 1.54) is 16.6 Å². The number of aromatic nitrogens is 1. The lowest BCUT2D eigenvalue weighted by Crippen LogP contribution is -2.33. The van der Waals surface area contributed by atoms with Gasteiger partial charge >= 0.3 is 0 Å². The number of hydrazone groups is 1. The molecule has 0 amide bonds. The van der Waals surface area contributed by atoms with Crippen LogP contribution in [-0.4, -0.2) is 23.2 Å². The summed E-state index contributed by atoms with van der Waals surface area (Å²) < 4.78 is 7.75. The highest BCUT2D eigenvalue weighted by molar-refractivity contribution is 6.01. The van der Waals surface area contributed by atoms with Crippen LogP contribution in [0, 0.1) is 0 Å². The quantitative estimate of drug-likeness (QED) is 0.315. The predicted molar refractivity (Wildman–Crippen MR) is 111 cm³/mol. The van der Waals surface area contributed by atoms with Crippen molar-refractivity contribution in [3.8, 4) is 5.75 Å². The lowest BCUT2D eigenvalue weighted by Gasteiger charge is -2.19. The number of hydrogen-bond acceptors (Lipinski definition) is 5. The molecule has 0 saturated carbocycles. The minimum Gasteiger partial charge on any atom is -0.497 e. The summed E-state index contributed by atoms with van der Waals surface area (Å²) in [5.41, 5.74) is 6.79. The Morgan fingerprint density at radius 1 is 1.41 bits per heavy atom. The number of nitrogens with two attached hydrogens (primary N) is 2. The van der Waals surface area contributed by atoms with Gasteiger partial charge in [-0.2, -0.15) is 5.10 Å². The van der Waals surface area contributed by atoms with Crippen LogP contribution in [0.4, 0.5) is 0 Å². The standard InChI is InChI=1S/C20H28N6O/c1-4-13(2)19-11-14-10-16(27-3)8-9-18(14)26(19)12-15-6-5-7-17(23-15)20(24-21)25-22/h7-11,13H,4-6,12,21-22H2,1-3H3,(H,24,25). The summed E-state index contributed by atoms with van der Waals surface area (Å²) in [6.07, 6.45) is 4.87. The van der Waals surface area contributed by atoms with Crippen molar-refractivity contribution in [3.63, 3.8) is 0 Å². The number of nitrogens with one attached hydrogen (secondary N) is 1. The Labute approximate surface area is 159 Å². The summed E-state index contributed by atoms with van der Waals surface area (Å²) >= 11 is 0. The van der Waals surface area contributed by atoms with Crippen molar-refractivity contribution in [2.75, 3.05) is 7.11 Å². The van der Waals surface area contributed by atoms with E-state index in [2.05, 4.69) is 47.1 Å². The normalized spacial score (nSPS) is 16.1. The van der Waals surface area contributed by atoms with Gasteiger partial charge in [-0.15, -0.1) is 0 Å². The molecule has 1 unspecified atom stereocenters. The molecule has 3 rings (SSSR count). The molecule has 0 bridgehead atoms. The second-order valence-corrected chi connectivity index (χ2v) is 6.82. The minimum absolute atomic E-state index is 0.399. The van der Waals surface area contributed by atoms with Gasteiger partial charge in [-0.05, 0) is 49.4 Å². The zero-order chi connectivity index (χ0) is 19.4. The van der Waals surface area contributed by atoms with E-state index in [1.54, 1.807) is 7.11 Å². The molecule has 1 aliphatic heterocycles. The Morgan fingerprint density at radius 3 is 2.89 bits per heavy atom. The number of hydrogen-bond donors (Lipinski definition) is 3. The van der Waals surface area contributed by atoms with Crippen LogP contribution in [0.1, 0.15) is 44.7 Å². The lowest BCUT2D eigenvalue weighted by atomic mass is 10.0. The van der Waals surface area contributed by atoms with Crippen molar-refractivity contribution in [1.82, 2.24) is 9.99 Å². The maximum Gasteiger partial charge on any atom is 0.185 e. The maximum atomic E-state index is 5.49. The maximum absolute atomic E-state index is 5.49. The highest BCUT2D eigenvalue weighted by atomic mass is 16.5. The number of rotatable bonds is 6. The Bertz CT molecular complexity index is 909. The fraction of sp³-hybridized carbons (Fsp3) is 0.400. The first-order valence-electron chi connectivity index (χ1n) is 9.29. The van der Waals surface area contributed by atoms with Crippen LogP contribution in [0.3, 0.4) is 0 Å². The average Bonchev–Trinajstić information content (AvgIpc) is 3.06. The molecule has 2 aromatic rings. The van der Waals surface area contributed by atoms with Crippen LogP contribution < -0.4 is 21.8 Å². The molecule has 27 heavy (non-hydrogen) atoms. The third-order valence-electron chi connectivity index (χ3n) is 5.16. The van der Waals surface area contributed by atoms with Gasteiger partial charge in [-0.1, -0.05) is 19.9 Å². The Morgan fingerprint density at radius 2 is 2.22 bits per heavy atom. The van der Waals surface area contributed by atoms with E-state index in [9.17, 15) is 0 Å². The molecule has 0 spiro atoms. The number of fused-ring (bicyclic) bond motifs is 1. The molecule has 1 aromatic carbocycles. The highest BCUT2D eigenvalue weighted by Gasteiger charge is 2.18. The molecule has 7 heteroatoms. The van der Waals surface area contributed by atoms with Crippen LogP contribution in [0.15, 0.2) is 46.1 Å². The molecular formula is C20H28N6O. The third-order valence-corrected chi connectivity index (χ3v) is 5.16. The van der Waals surface area contributed by atoms with E-state index in [1.807, 2.05) is 12.1 Å². The molecule has 1 aromatic heterocycles. The van der Waals surface area contributed by atoms with E-state index in [4.69, 9.17) is 21.4 Å². The molecule has 1 aliphatic rings. The molecule has 1 atom stereocenters. The van der Waals surface area contributed by atoms with Gasteiger partial charge in [0, 0.05) is 22.3 Å². The lowest BCUT2D eigenvalue weighted by molar-refractivity contribution is 0.415. The van der Waals surface area contributed by atoms with Gasteiger partial charge in [0.25, 0.3) is 0 Å². The first-order chi connectivity index (χ1) is 13.1. The number of nitrogens with zero attached hydrogens (tertiary/aromatic N) is 3. The predicted octanol–water partition coefficient (Wildman–Crippen LogP) is 3.02. The topological polar surface area (TPSA) is 103 Å². The number of amidine groups is 1. The van der Waals surface area contributed by atoms with Gasteiger partial charge in [0.1, 0.15) is 11.4 Å². The minimum atomic E-state index is 0.399. The Hall–Kier alpha value is -2.80. The van der Waals surface area contributed by atoms with Gasteiger partial charge in [-0.25, -0.2) is 5.84 Å². The van der Waals surface area contributed by atoms with Crippen LogP contribution in [-0.2, 0) is 6.54 Å². The fourth-order valence-electron chi connectivity index (χ4n) is 3.46. The largest absolute Gasteiger partial charge is 0.497 e. The van der Waals surface area contributed by atoms with Crippen molar-refractivity contribution in [2.45, 2.75) is 45.6 Å². The SMILES string of the molecule is CCC(C)c1cc2cc(OC)ccc2n1CC1=NC(/C(=N/N)NN)=CCC1. The van der Waals surface area contributed by atoms with Gasteiger partial charge in [0.2, 0.25) is 0 Å². The van der Waals surface area contributed by atoms with E-state index < -0.39 is 0 Å². The zero-order valence-corrected chi connectivity index (χ0v) is 16.2. The number of allylic oxidation sites excluding steroid dienone is 1. The summed E-state index contributed by atoms with van der Waals surface area (Å²) in [6, 6.07) is 8.47. The van der Waals surface area contributed by atoms with Crippen molar-refractivity contribution in [1.29, 1.82) is 0 Å². The van der Waals surface area contributed by atoms with E-state index in [-0.39, 0.29) is 0 Å². The molecule has 0 fully saturated rings. The smallest absolute Gasteiger partial charge is 0.185 e. The van der Waals surface area contributed by atoms with Crippen LogP contribution in [0.2, 0.25) is 0 Å². The van der Waals surface area contributed by atoms with Crippen LogP contribution in [0.5, 0.6) is 5.75 Å². The molecular weight excluding hydrogens is 340 g/mol. The van der Waals surface area contributed by atoms with Gasteiger partial charge < -0.3 is 20.6 Å². The van der Waals surface area contributed by atoms with E-state index in [0.717, 1.165) is 37.3 Å². The van der Waals surface area contributed by atoms with Crippen LogP contribution >= 0.6 is 0 Å². The summed E-state index contributed by atoms with van der Waals surface area (Å²) in [6.45, 7) is 5.20. The van der Waals surface area contributed by atoms with E-state index >= 15 is 0 Å². The fourth-order valence-corrected chi connectivity index (χ4v) is 3.46. The second-order valence-electron chi connectivity index (χ2n) is 6.82. The molecule has 5 N–H and O–H groups in total. The van der Waals surface area contributed by atoms with Crippen molar-refractivity contribution in [2.24, 2.45) is 21.8 Å². The number of benzene rings is 1. The summed E-state index contributed by atoms with van der Waals surface area (Å²) in [5, 5.41) is 4.86. The zero-order valence-electron chi connectivity index (χ0n) is 16.2. The average molecular weight is 368 g/mol. The summed E-state index contributed by atoms with van der Waals surface area (Å²) in [4.78, 5) is 4.74. The number of methoxy groups -OCH3 is 1. The molecule has 2 heterocycles. The number of aliphatic imine (C=N–C) groups is 1. The van der Waals surface area contributed by atoms with Gasteiger partial charge in [-0.3, -0.25) is 4.99 Å². The van der Waals surface area contributed by atoms with Crippen LogP contribution in [0.25, 0.3) is 10.9 Å². The first-order valence-corrected chi connectivity index (χ1v) is 9.29. The first kappa shape index (κ1) is 19.0.